The second-order valence-corrected chi connectivity index (χ2v) is 3.47. The van der Waals surface area contributed by atoms with Gasteiger partial charge in [0, 0.05) is 23.9 Å². The van der Waals surface area contributed by atoms with Crippen LogP contribution in [0.25, 0.3) is 10.4 Å². The van der Waals surface area contributed by atoms with Crippen molar-refractivity contribution >= 4 is 5.91 Å². The van der Waals surface area contributed by atoms with E-state index in [4.69, 9.17) is 5.53 Å². The van der Waals surface area contributed by atoms with E-state index in [0.29, 0.717) is 19.4 Å². The SMILES string of the molecule is [N-]=[N+]=NCC(=O)N1CCC[C@@H](C(F)F)C1. The molecule has 1 aliphatic heterocycles. The molecule has 84 valence electrons. The van der Waals surface area contributed by atoms with E-state index in [1.54, 1.807) is 0 Å². The fourth-order valence-corrected chi connectivity index (χ4v) is 1.63. The third-order valence-electron chi connectivity index (χ3n) is 2.44. The van der Waals surface area contributed by atoms with E-state index in [-0.39, 0.29) is 19.0 Å². The number of alkyl halides is 2. The minimum Gasteiger partial charge on any atom is -0.342 e. The third-order valence-corrected chi connectivity index (χ3v) is 2.44. The van der Waals surface area contributed by atoms with Gasteiger partial charge in [-0.2, -0.15) is 0 Å². The molecule has 1 rings (SSSR count). The van der Waals surface area contributed by atoms with Crippen LogP contribution in [-0.2, 0) is 4.79 Å². The van der Waals surface area contributed by atoms with Crippen molar-refractivity contribution in [3.05, 3.63) is 10.4 Å². The Kier molecular flexibility index (Phi) is 4.30. The average Bonchev–Trinajstić information content (AvgIpc) is 2.26. The van der Waals surface area contributed by atoms with Gasteiger partial charge in [-0.05, 0) is 18.4 Å². The number of halogens is 2. The van der Waals surface area contributed by atoms with E-state index in [2.05, 4.69) is 10.0 Å². The summed E-state index contributed by atoms with van der Waals surface area (Å²) in [4.78, 5) is 15.1. The maximum absolute atomic E-state index is 12.4. The van der Waals surface area contributed by atoms with Crippen molar-refractivity contribution in [1.29, 1.82) is 0 Å². The molecule has 7 heteroatoms. The number of hydrogen-bond donors (Lipinski definition) is 0. The first-order valence-electron chi connectivity index (χ1n) is 4.72. The molecule has 0 unspecified atom stereocenters. The standard InChI is InChI=1S/C8H12F2N4O/c9-8(10)6-2-1-3-14(5-6)7(15)4-12-13-11/h6,8H,1-5H2/t6-/m1/s1. The lowest BCUT2D eigenvalue weighted by Crippen LogP contribution is -2.42. The van der Waals surface area contributed by atoms with Crippen molar-refractivity contribution in [3.63, 3.8) is 0 Å². The summed E-state index contributed by atoms with van der Waals surface area (Å²) >= 11 is 0. The largest absolute Gasteiger partial charge is 0.342 e. The molecular weight excluding hydrogens is 206 g/mol. The maximum atomic E-state index is 12.4. The van der Waals surface area contributed by atoms with E-state index in [9.17, 15) is 13.6 Å². The van der Waals surface area contributed by atoms with Gasteiger partial charge >= 0.3 is 0 Å². The molecule has 15 heavy (non-hydrogen) atoms. The molecule has 0 radical (unpaired) electrons. The van der Waals surface area contributed by atoms with Crippen LogP contribution in [0.4, 0.5) is 8.78 Å². The molecule has 1 fully saturated rings. The third kappa shape index (κ3) is 3.36. The van der Waals surface area contributed by atoms with Gasteiger partial charge in [-0.1, -0.05) is 5.11 Å². The first-order chi connectivity index (χ1) is 7.15. The number of rotatable bonds is 3. The fraction of sp³-hybridized carbons (Fsp3) is 0.875. The van der Waals surface area contributed by atoms with Gasteiger partial charge in [0.25, 0.3) is 0 Å². The molecule has 1 saturated heterocycles. The van der Waals surface area contributed by atoms with Gasteiger partial charge in [-0.3, -0.25) is 4.79 Å². The van der Waals surface area contributed by atoms with Crippen molar-refractivity contribution in [2.45, 2.75) is 19.3 Å². The molecule has 5 nitrogen and oxygen atoms in total. The van der Waals surface area contributed by atoms with Crippen LogP contribution in [0.1, 0.15) is 12.8 Å². The first kappa shape index (κ1) is 11.7. The molecule has 0 aromatic carbocycles. The zero-order valence-corrected chi connectivity index (χ0v) is 8.14. The average molecular weight is 218 g/mol. The minimum atomic E-state index is -2.39. The highest BCUT2D eigenvalue weighted by atomic mass is 19.3. The Morgan fingerprint density at radius 2 is 2.40 bits per heavy atom. The number of hydrogen-bond acceptors (Lipinski definition) is 2. The number of likely N-dealkylation sites (tertiary alicyclic amines) is 1. The van der Waals surface area contributed by atoms with Crippen LogP contribution >= 0.6 is 0 Å². The summed E-state index contributed by atoms with van der Waals surface area (Å²) in [5, 5.41) is 3.12. The highest BCUT2D eigenvalue weighted by molar-refractivity contribution is 5.78. The Morgan fingerprint density at radius 3 is 3.00 bits per heavy atom. The van der Waals surface area contributed by atoms with Gasteiger partial charge in [-0.15, -0.1) is 0 Å². The monoisotopic (exact) mass is 218 g/mol. The van der Waals surface area contributed by atoms with Gasteiger partial charge in [-0.25, -0.2) is 8.78 Å². The minimum absolute atomic E-state index is 0.0669. The summed E-state index contributed by atoms with van der Waals surface area (Å²) in [7, 11) is 0. The molecular formula is C8H12F2N4O. The zero-order valence-electron chi connectivity index (χ0n) is 8.14. The van der Waals surface area contributed by atoms with Crippen molar-refractivity contribution < 1.29 is 13.6 Å². The molecule has 1 amide bonds. The van der Waals surface area contributed by atoms with Crippen LogP contribution in [0, 0.1) is 5.92 Å². The molecule has 0 aromatic heterocycles. The van der Waals surface area contributed by atoms with Crippen LogP contribution in [0.3, 0.4) is 0 Å². The highest BCUT2D eigenvalue weighted by Gasteiger charge is 2.28. The summed E-state index contributed by atoms with van der Waals surface area (Å²) in [5.74, 6) is -1.12. The predicted octanol–water partition coefficient (Wildman–Crippen LogP) is 1.80. The normalized spacial score (nSPS) is 21.3. The Morgan fingerprint density at radius 1 is 1.67 bits per heavy atom. The van der Waals surface area contributed by atoms with Crippen molar-refractivity contribution in [1.82, 2.24) is 4.90 Å². The first-order valence-corrected chi connectivity index (χ1v) is 4.72. The summed E-state index contributed by atoms with van der Waals surface area (Å²) in [6, 6.07) is 0. The fourth-order valence-electron chi connectivity index (χ4n) is 1.63. The number of carbonyl (C=O) groups is 1. The van der Waals surface area contributed by atoms with E-state index < -0.39 is 12.3 Å². The number of azide groups is 1. The molecule has 1 atom stereocenters. The van der Waals surface area contributed by atoms with Gasteiger partial charge < -0.3 is 4.90 Å². The lowest BCUT2D eigenvalue weighted by Gasteiger charge is -2.32. The van der Waals surface area contributed by atoms with Crippen LogP contribution < -0.4 is 0 Å². The highest BCUT2D eigenvalue weighted by Crippen LogP contribution is 2.22. The molecule has 0 aliphatic carbocycles. The van der Waals surface area contributed by atoms with E-state index in [0.717, 1.165) is 0 Å². The quantitative estimate of drug-likeness (QED) is 0.404. The predicted molar refractivity (Wildman–Crippen MR) is 49.3 cm³/mol. The Hall–Kier alpha value is -1.36. The molecule has 0 spiro atoms. The van der Waals surface area contributed by atoms with Crippen LogP contribution in [0.15, 0.2) is 5.11 Å². The second kappa shape index (κ2) is 5.50. The topological polar surface area (TPSA) is 69.1 Å². The summed E-state index contributed by atoms with van der Waals surface area (Å²) < 4.78 is 24.8. The molecule has 0 saturated carbocycles. The summed E-state index contributed by atoms with van der Waals surface area (Å²) in [6.45, 7) is 0.257. The smallest absolute Gasteiger partial charge is 0.243 e. The van der Waals surface area contributed by atoms with Crippen molar-refractivity contribution in [2.75, 3.05) is 19.6 Å². The van der Waals surface area contributed by atoms with Crippen LogP contribution in [0.2, 0.25) is 0 Å². The second-order valence-electron chi connectivity index (χ2n) is 3.47. The Balaban J connectivity index is 2.48. The van der Waals surface area contributed by atoms with Gasteiger partial charge in [0.2, 0.25) is 12.3 Å². The van der Waals surface area contributed by atoms with E-state index in [1.165, 1.54) is 4.90 Å². The number of piperidine rings is 1. The zero-order chi connectivity index (χ0) is 11.3. The number of amides is 1. The van der Waals surface area contributed by atoms with Crippen LogP contribution in [-0.4, -0.2) is 36.9 Å². The summed E-state index contributed by atoms with van der Waals surface area (Å²) in [6.07, 6.45) is -1.36. The number of carbonyl (C=O) groups excluding carboxylic acids is 1. The molecule has 0 N–H and O–H groups in total. The van der Waals surface area contributed by atoms with Crippen molar-refractivity contribution in [2.24, 2.45) is 11.0 Å². The number of nitrogens with zero attached hydrogens (tertiary/aromatic N) is 4. The molecule has 0 bridgehead atoms. The lowest BCUT2D eigenvalue weighted by molar-refractivity contribution is -0.132. The van der Waals surface area contributed by atoms with Gasteiger partial charge in [0.05, 0.1) is 0 Å². The summed E-state index contributed by atoms with van der Waals surface area (Å²) in [5.41, 5.74) is 8.02. The van der Waals surface area contributed by atoms with E-state index >= 15 is 0 Å². The van der Waals surface area contributed by atoms with Crippen LogP contribution in [0.5, 0.6) is 0 Å². The van der Waals surface area contributed by atoms with Gasteiger partial charge in [0.15, 0.2) is 0 Å². The van der Waals surface area contributed by atoms with E-state index in [1.807, 2.05) is 0 Å². The van der Waals surface area contributed by atoms with Gasteiger partial charge in [0.1, 0.15) is 6.54 Å². The maximum Gasteiger partial charge on any atom is 0.243 e. The molecule has 1 heterocycles. The molecule has 0 aromatic rings. The lowest BCUT2D eigenvalue weighted by atomic mass is 9.98. The van der Waals surface area contributed by atoms with Crippen molar-refractivity contribution in [3.8, 4) is 0 Å². The Labute approximate surface area is 85.7 Å². The Bertz CT molecular complexity index is 278. The molecule has 1 aliphatic rings.